The Morgan fingerprint density at radius 2 is 2.00 bits per heavy atom. The molecule has 0 radical (unpaired) electrons. The van der Waals surface area contributed by atoms with Gasteiger partial charge in [0, 0.05) is 43.9 Å². The maximum Gasteiger partial charge on any atom is 0.318 e. The molecule has 1 aromatic heterocycles. The molecule has 1 fully saturated rings. The molecule has 0 saturated carbocycles. The minimum absolute atomic E-state index is 0.00870. The molecule has 2 aliphatic heterocycles. The van der Waals surface area contributed by atoms with Crippen LogP contribution in [0.4, 0.5) is 4.79 Å². The molecule has 2 N–H and O–H groups in total. The maximum absolute atomic E-state index is 12.9. The SMILES string of the molecule is CCCNC(=O)[C@@H](NC(=O)N1CC2C[C@H](C1)Cn1c2cccc1=O)C(C)C. The van der Waals surface area contributed by atoms with E-state index in [-0.39, 0.29) is 35.3 Å². The van der Waals surface area contributed by atoms with Gasteiger partial charge in [0.15, 0.2) is 0 Å². The van der Waals surface area contributed by atoms with Crippen LogP contribution in [0.3, 0.4) is 0 Å². The lowest BCUT2D eigenvalue weighted by molar-refractivity contribution is -0.123. The molecule has 0 spiro atoms. The van der Waals surface area contributed by atoms with Crippen LogP contribution in [0.15, 0.2) is 23.0 Å². The van der Waals surface area contributed by atoms with Gasteiger partial charge < -0.3 is 20.1 Å². The van der Waals surface area contributed by atoms with E-state index >= 15 is 0 Å². The van der Waals surface area contributed by atoms with Crippen LogP contribution in [0.2, 0.25) is 0 Å². The smallest absolute Gasteiger partial charge is 0.318 e. The third-order valence-electron chi connectivity index (χ3n) is 5.54. The largest absolute Gasteiger partial charge is 0.354 e. The summed E-state index contributed by atoms with van der Waals surface area (Å²) < 4.78 is 1.85. The minimum Gasteiger partial charge on any atom is -0.354 e. The zero-order chi connectivity index (χ0) is 19.6. The predicted molar refractivity (Wildman–Crippen MR) is 104 cm³/mol. The fourth-order valence-corrected chi connectivity index (χ4v) is 4.18. The Morgan fingerprint density at radius 3 is 2.70 bits per heavy atom. The van der Waals surface area contributed by atoms with E-state index in [0.717, 1.165) is 18.5 Å². The van der Waals surface area contributed by atoms with Crippen LogP contribution in [0.1, 0.15) is 45.2 Å². The molecule has 0 aromatic carbocycles. The Bertz CT molecular complexity index is 758. The quantitative estimate of drug-likeness (QED) is 0.820. The van der Waals surface area contributed by atoms with Crippen molar-refractivity contribution in [3.05, 3.63) is 34.2 Å². The molecule has 7 heteroatoms. The number of rotatable bonds is 5. The van der Waals surface area contributed by atoms with Gasteiger partial charge in [-0.3, -0.25) is 9.59 Å². The Hall–Kier alpha value is -2.31. The highest BCUT2D eigenvalue weighted by atomic mass is 16.2. The number of carbonyl (C=O) groups is 2. The van der Waals surface area contributed by atoms with Gasteiger partial charge in [0.1, 0.15) is 6.04 Å². The molecule has 1 unspecified atom stereocenters. The monoisotopic (exact) mass is 374 g/mol. The van der Waals surface area contributed by atoms with E-state index in [9.17, 15) is 14.4 Å². The van der Waals surface area contributed by atoms with Crippen molar-refractivity contribution in [1.29, 1.82) is 0 Å². The van der Waals surface area contributed by atoms with E-state index in [4.69, 9.17) is 0 Å². The van der Waals surface area contributed by atoms with Crippen molar-refractivity contribution in [3.8, 4) is 0 Å². The number of nitrogens with zero attached hydrogens (tertiary/aromatic N) is 2. The van der Waals surface area contributed by atoms with E-state index in [2.05, 4.69) is 10.6 Å². The highest BCUT2D eigenvalue weighted by Gasteiger charge is 2.37. The van der Waals surface area contributed by atoms with Crippen LogP contribution in [0.5, 0.6) is 0 Å². The average Bonchev–Trinajstić information content (AvgIpc) is 2.64. The van der Waals surface area contributed by atoms with Gasteiger partial charge >= 0.3 is 6.03 Å². The summed E-state index contributed by atoms with van der Waals surface area (Å²) in [5, 5.41) is 5.80. The molecule has 27 heavy (non-hydrogen) atoms. The first-order valence-corrected chi connectivity index (χ1v) is 9.93. The van der Waals surface area contributed by atoms with Crippen molar-refractivity contribution in [2.75, 3.05) is 19.6 Å². The zero-order valence-corrected chi connectivity index (χ0v) is 16.4. The number of piperidine rings is 1. The first-order valence-electron chi connectivity index (χ1n) is 9.93. The maximum atomic E-state index is 12.9. The Morgan fingerprint density at radius 1 is 1.22 bits per heavy atom. The first kappa shape index (κ1) is 19.5. The van der Waals surface area contributed by atoms with Crippen molar-refractivity contribution < 1.29 is 9.59 Å². The molecule has 1 aromatic rings. The summed E-state index contributed by atoms with van der Waals surface area (Å²) in [6.07, 6.45) is 1.86. The van der Waals surface area contributed by atoms with E-state index in [0.29, 0.717) is 26.2 Å². The number of pyridine rings is 1. The summed E-state index contributed by atoms with van der Waals surface area (Å²) in [4.78, 5) is 39.2. The molecule has 7 nitrogen and oxygen atoms in total. The van der Waals surface area contributed by atoms with Gasteiger partial charge in [-0.15, -0.1) is 0 Å². The summed E-state index contributed by atoms with van der Waals surface area (Å²) in [5.74, 6) is 0.320. The van der Waals surface area contributed by atoms with Crippen LogP contribution in [-0.2, 0) is 11.3 Å². The van der Waals surface area contributed by atoms with Gasteiger partial charge in [-0.1, -0.05) is 26.8 Å². The summed E-state index contributed by atoms with van der Waals surface area (Å²) in [6.45, 7) is 8.32. The Kier molecular flexibility index (Phi) is 5.87. The van der Waals surface area contributed by atoms with Crippen molar-refractivity contribution >= 4 is 11.9 Å². The number of nitrogens with one attached hydrogen (secondary N) is 2. The number of fused-ring (bicyclic) bond motifs is 4. The lowest BCUT2D eigenvalue weighted by Gasteiger charge is -2.43. The minimum atomic E-state index is -0.541. The Balaban J connectivity index is 1.70. The van der Waals surface area contributed by atoms with Crippen LogP contribution in [0.25, 0.3) is 0 Å². The Labute approximate surface area is 160 Å². The number of carbonyl (C=O) groups excluding carboxylic acids is 2. The van der Waals surface area contributed by atoms with Gasteiger partial charge in [0.05, 0.1) is 0 Å². The highest BCUT2D eigenvalue weighted by Crippen LogP contribution is 2.34. The number of urea groups is 1. The van der Waals surface area contributed by atoms with Gasteiger partial charge in [-0.05, 0) is 30.7 Å². The second-order valence-corrected chi connectivity index (χ2v) is 8.07. The van der Waals surface area contributed by atoms with Crippen LogP contribution < -0.4 is 16.2 Å². The predicted octanol–water partition coefficient (Wildman–Crippen LogP) is 1.53. The summed E-state index contributed by atoms with van der Waals surface area (Å²) >= 11 is 0. The number of amides is 3. The lowest BCUT2D eigenvalue weighted by atomic mass is 9.83. The molecule has 148 valence electrons. The van der Waals surface area contributed by atoms with Crippen molar-refractivity contribution in [3.63, 3.8) is 0 Å². The van der Waals surface area contributed by atoms with E-state index in [1.807, 2.05) is 36.3 Å². The van der Waals surface area contributed by atoms with Crippen LogP contribution >= 0.6 is 0 Å². The third kappa shape index (κ3) is 4.17. The fourth-order valence-electron chi connectivity index (χ4n) is 4.18. The second-order valence-electron chi connectivity index (χ2n) is 8.07. The normalized spacial score (nSPS) is 22.1. The topological polar surface area (TPSA) is 83.4 Å². The molecule has 3 atom stereocenters. The van der Waals surface area contributed by atoms with Crippen molar-refractivity contribution in [2.45, 2.75) is 52.1 Å². The van der Waals surface area contributed by atoms with E-state index in [1.54, 1.807) is 12.1 Å². The molecule has 2 aliphatic rings. The highest BCUT2D eigenvalue weighted by molar-refractivity contribution is 5.87. The van der Waals surface area contributed by atoms with E-state index in [1.165, 1.54) is 0 Å². The van der Waals surface area contributed by atoms with Gasteiger partial charge in [0.25, 0.3) is 5.56 Å². The zero-order valence-electron chi connectivity index (χ0n) is 16.4. The second kappa shape index (κ2) is 8.15. The molecule has 3 amide bonds. The number of hydrogen-bond donors (Lipinski definition) is 2. The molecular weight excluding hydrogens is 344 g/mol. The summed E-state index contributed by atoms with van der Waals surface area (Å²) in [7, 11) is 0. The molecule has 3 rings (SSSR count). The summed E-state index contributed by atoms with van der Waals surface area (Å²) in [6, 6.07) is 4.64. The van der Waals surface area contributed by atoms with Gasteiger partial charge in [0.2, 0.25) is 5.91 Å². The average molecular weight is 374 g/mol. The first-order chi connectivity index (χ1) is 12.9. The fraction of sp³-hybridized carbons (Fsp3) is 0.650. The summed E-state index contributed by atoms with van der Waals surface area (Å²) in [5.41, 5.74) is 1.05. The van der Waals surface area contributed by atoms with Crippen LogP contribution in [-0.4, -0.2) is 47.1 Å². The van der Waals surface area contributed by atoms with Crippen molar-refractivity contribution in [2.24, 2.45) is 11.8 Å². The van der Waals surface area contributed by atoms with Crippen molar-refractivity contribution in [1.82, 2.24) is 20.1 Å². The lowest BCUT2D eigenvalue weighted by Crippen LogP contribution is -2.57. The number of aromatic nitrogens is 1. The molecule has 1 saturated heterocycles. The van der Waals surface area contributed by atoms with Crippen LogP contribution in [0, 0.1) is 11.8 Å². The number of likely N-dealkylation sites (tertiary alicyclic amines) is 1. The molecule has 0 aliphatic carbocycles. The third-order valence-corrected chi connectivity index (χ3v) is 5.54. The molecule has 2 bridgehead atoms. The molecular formula is C20H30N4O3. The standard InChI is InChI=1S/C20H30N4O3/c1-4-8-21-19(26)18(13(2)3)22-20(27)23-10-14-9-15(12-23)16-6-5-7-17(25)24(16)11-14/h5-7,13-15,18H,4,8-12H2,1-3H3,(H,21,26)(H,22,27)/t14-,15?,18+/m1/s1. The van der Waals surface area contributed by atoms with Gasteiger partial charge in [-0.25, -0.2) is 4.79 Å². The number of hydrogen-bond acceptors (Lipinski definition) is 3. The molecule has 3 heterocycles. The van der Waals surface area contributed by atoms with E-state index < -0.39 is 6.04 Å². The van der Waals surface area contributed by atoms with Gasteiger partial charge in [-0.2, -0.15) is 0 Å².